The molecule has 4 nitrogen and oxygen atoms in total. The van der Waals surface area contributed by atoms with Crippen LogP contribution < -0.4 is 5.32 Å². The SMILES string of the molecule is CNC(=O)COC(=O)c1sccc1C. The maximum absolute atomic E-state index is 11.4. The predicted octanol–water partition coefficient (Wildman–Crippen LogP) is 0.959. The first-order valence-electron chi connectivity index (χ1n) is 4.07. The van der Waals surface area contributed by atoms with Gasteiger partial charge in [0.1, 0.15) is 4.88 Å². The van der Waals surface area contributed by atoms with Gasteiger partial charge in [-0.3, -0.25) is 4.79 Å². The third-order valence-electron chi connectivity index (χ3n) is 1.66. The Morgan fingerprint density at radius 2 is 2.29 bits per heavy atom. The summed E-state index contributed by atoms with van der Waals surface area (Å²) in [5.74, 6) is -0.756. The zero-order valence-electron chi connectivity index (χ0n) is 7.99. The monoisotopic (exact) mass is 213 g/mol. The van der Waals surface area contributed by atoms with Crippen molar-refractivity contribution in [2.45, 2.75) is 6.92 Å². The molecule has 1 amide bonds. The minimum atomic E-state index is -0.443. The van der Waals surface area contributed by atoms with Gasteiger partial charge >= 0.3 is 5.97 Å². The lowest BCUT2D eigenvalue weighted by molar-refractivity contribution is -0.123. The van der Waals surface area contributed by atoms with Crippen LogP contribution in [0.1, 0.15) is 15.2 Å². The van der Waals surface area contributed by atoms with Crippen LogP contribution in [0.4, 0.5) is 0 Å². The Bertz CT molecular complexity index is 346. The minimum absolute atomic E-state index is 0.229. The molecule has 1 rings (SSSR count). The van der Waals surface area contributed by atoms with Gasteiger partial charge in [-0.1, -0.05) is 0 Å². The molecule has 0 aliphatic rings. The molecule has 1 heterocycles. The summed E-state index contributed by atoms with van der Waals surface area (Å²) in [6, 6.07) is 1.83. The lowest BCUT2D eigenvalue weighted by Gasteiger charge is -2.02. The third kappa shape index (κ3) is 2.56. The van der Waals surface area contributed by atoms with E-state index in [1.54, 1.807) is 0 Å². The number of amides is 1. The summed E-state index contributed by atoms with van der Waals surface area (Å²) in [5.41, 5.74) is 0.872. The second-order valence-corrected chi connectivity index (χ2v) is 3.60. The van der Waals surface area contributed by atoms with Crippen LogP contribution in [0.5, 0.6) is 0 Å². The number of esters is 1. The van der Waals surface area contributed by atoms with Gasteiger partial charge < -0.3 is 10.1 Å². The molecule has 1 aromatic rings. The number of likely N-dealkylation sites (N-methyl/N-ethyl adjacent to an activating group) is 1. The fraction of sp³-hybridized carbons (Fsp3) is 0.333. The molecule has 0 bridgehead atoms. The van der Waals surface area contributed by atoms with Crippen LogP contribution in [0.15, 0.2) is 11.4 Å². The lowest BCUT2D eigenvalue weighted by atomic mass is 10.3. The standard InChI is InChI=1S/C9H11NO3S/c1-6-3-4-14-8(6)9(12)13-5-7(11)10-2/h3-4H,5H2,1-2H3,(H,10,11). The molecular formula is C9H11NO3S. The van der Waals surface area contributed by atoms with E-state index in [0.717, 1.165) is 5.56 Å². The minimum Gasteiger partial charge on any atom is -0.451 e. The molecule has 76 valence electrons. The average Bonchev–Trinajstić information content (AvgIpc) is 2.60. The highest BCUT2D eigenvalue weighted by molar-refractivity contribution is 7.12. The van der Waals surface area contributed by atoms with Crippen molar-refractivity contribution in [3.63, 3.8) is 0 Å². The maximum Gasteiger partial charge on any atom is 0.349 e. The third-order valence-corrected chi connectivity index (χ3v) is 2.66. The number of carbonyl (C=O) groups excluding carboxylic acids is 2. The van der Waals surface area contributed by atoms with Gasteiger partial charge in [0.2, 0.25) is 0 Å². The zero-order valence-corrected chi connectivity index (χ0v) is 8.81. The first kappa shape index (κ1) is 10.7. The van der Waals surface area contributed by atoms with Gasteiger partial charge in [0.05, 0.1) is 0 Å². The molecule has 0 unspecified atom stereocenters. The second-order valence-electron chi connectivity index (χ2n) is 2.68. The summed E-state index contributed by atoms with van der Waals surface area (Å²) >= 11 is 1.31. The van der Waals surface area contributed by atoms with E-state index in [1.165, 1.54) is 18.4 Å². The Morgan fingerprint density at radius 3 is 2.79 bits per heavy atom. The highest BCUT2D eigenvalue weighted by Gasteiger charge is 2.12. The van der Waals surface area contributed by atoms with E-state index in [4.69, 9.17) is 4.74 Å². The van der Waals surface area contributed by atoms with Crippen LogP contribution in [0, 0.1) is 6.92 Å². The molecule has 0 saturated heterocycles. The van der Waals surface area contributed by atoms with E-state index < -0.39 is 5.97 Å². The summed E-state index contributed by atoms with van der Waals surface area (Å²) in [6.45, 7) is 1.60. The van der Waals surface area contributed by atoms with E-state index >= 15 is 0 Å². The second kappa shape index (κ2) is 4.76. The van der Waals surface area contributed by atoms with Crippen LogP contribution in [0.2, 0.25) is 0 Å². The summed E-state index contributed by atoms with van der Waals surface area (Å²) in [7, 11) is 1.49. The predicted molar refractivity (Wildman–Crippen MR) is 53.4 cm³/mol. The Labute approximate surface area is 85.9 Å². The van der Waals surface area contributed by atoms with E-state index in [0.29, 0.717) is 4.88 Å². The number of nitrogens with one attached hydrogen (secondary N) is 1. The van der Waals surface area contributed by atoms with Crippen molar-refractivity contribution < 1.29 is 14.3 Å². The molecule has 0 fully saturated rings. The summed E-state index contributed by atoms with van der Waals surface area (Å²) in [6.07, 6.45) is 0. The van der Waals surface area contributed by atoms with E-state index in [2.05, 4.69) is 5.32 Å². The molecule has 0 radical (unpaired) electrons. The van der Waals surface area contributed by atoms with Crippen LogP contribution in [-0.4, -0.2) is 25.5 Å². The number of carbonyl (C=O) groups is 2. The summed E-state index contributed by atoms with van der Waals surface area (Å²) in [4.78, 5) is 22.7. The highest BCUT2D eigenvalue weighted by Crippen LogP contribution is 2.16. The fourth-order valence-corrected chi connectivity index (χ4v) is 1.67. The van der Waals surface area contributed by atoms with Crippen molar-refractivity contribution in [3.8, 4) is 0 Å². The molecule has 14 heavy (non-hydrogen) atoms. The van der Waals surface area contributed by atoms with Crippen LogP contribution in [0.25, 0.3) is 0 Å². The largest absolute Gasteiger partial charge is 0.451 e. The molecule has 0 atom stereocenters. The van der Waals surface area contributed by atoms with Gasteiger partial charge in [-0.15, -0.1) is 11.3 Å². The van der Waals surface area contributed by atoms with Crippen molar-refractivity contribution in [2.75, 3.05) is 13.7 Å². The number of rotatable bonds is 3. The molecule has 0 aliphatic carbocycles. The van der Waals surface area contributed by atoms with Gasteiger partial charge in [0.15, 0.2) is 6.61 Å². The van der Waals surface area contributed by atoms with Crippen LogP contribution in [-0.2, 0) is 9.53 Å². The Hall–Kier alpha value is -1.36. The van der Waals surface area contributed by atoms with Crippen molar-refractivity contribution in [3.05, 3.63) is 21.9 Å². The first-order valence-corrected chi connectivity index (χ1v) is 4.95. The van der Waals surface area contributed by atoms with E-state index in [1.807, 2.05) is 18.4 Å². The quantitative estimate of drug-likeness (QED) is 0.761. The van der Waals surface area contributed by atoms with Crippen molar-refractivity contribution in [2.24, 2.45) is 0 Å². The first-order chi connectivity index (χ1) is 6.65. The Morgan fingerprint density at radius 1 is 1.57 bits per heavy atom. The fourth-order valence-electron chi connectivity index (χ4n) is 0.851. The van der Waals surface area contributed by atoms with Gasteiger partial charge in [-0.25, -0.2) is 4.79 Å². The topological polar surface area (TPSA) is 55.4 Å². The molecule has 1 aromatic heterocycles. The molecule has 0 saturated carbocycles. The lowest BCUT2D eigenvalue weighted by Crippen LogP contribution is -2.25. The van der Waals surface area contributed by atoms with Crippen molar-refractivity contribution in [1.82, 2.24) is 5.32 Å². The van der Waals surface area contributed by atoms with E-state index in [9.17, 15) is 9.59 Å². The molecular weight excluding hydrogens is 202 g/mol. The summed E-state index contributed by atoms with van der Waals surface area (Å²) < 4.78 is 4.78. The molecule has 1 N–H and O–H groups in total. The number of hydrogen-bond donors (Lipinski definition) is 1. The zero-order chi connectivity index (χ0) is 10.6. The summed E-state index contributed by atoms with van der Waals surface area (Å²) in [5, 5.41) is 4.18. The number of hydrogen-bond acceptors (Lipinski definition) is 4. The number of aryl methyl sites for hydroxylation is 1. The Kier molecular flexibility index (Phi) is 3.64. The van der Waals surface area contributed by atoms with Crippen molar-refractivity contribution >= 4 is 23.2 Å². The molecule has 0 aliphatic heterocycles. The van der Waals surface area contributed by atoms with Gasteiger partial charge in [0.25, 0.3) is 5.91 Å². The smallest absolute Gasteiger partial charge is 0.349 e. The van der Waals surface area contributed by atoms with Crippen molar-refractivity contribution in [1.29, 1.82) is 0 Å². The van der Waals surface area contributed by atoms with Crippen LogP contribution in [0.3, 0.4) is 0 Å². The van der Waals surface area contributed by atoms with Gasteiger partial charge in [-0.05, 0) is 23.9 Å². The van der Waals surface area contributed by atoms with Gasteiger partial charge in [-0.2, -0.15) is 0 Å². The molecule has 0 spiro atoms. The van der Waals surface area contributed by atoms with Gasteiger partial charge in [0, 0.05) is 7.05 Å². The average molecular weight is 213 g/mol. The molecule has 0 aromatic carbocycles. The maximum atomic E-state index is 11.4. The Balaban J connectivity index is 2.52. The van der Waals surface area contributed by atoms with E-state index in [-0.39, 0.29) is 12.5 Å². The van der Waals surface area contributed by atoms with Crippen LogP contribution >= 0.6 is 11.3 Å². The number of thiophene rings is 1. The normalized spacial score (nSPS) is 9.57. The highest BCUT2D eigenvalue weighted by atomic mass is 32.1. The number of ether oxygens (including phenoxy) is 1. The molecule has 5 heteroatoms.